The quantitative estimate of drug-likeness (QED) is 0.749. The zero-order chi connectivity index (χ0) is 15.4. The predicted molar refractivity (Wildman–Crippen MR) is 66.1 cm³/mol. The molecule has 0 aromatic carbocycles. The van der Waals surface area contributed by atoms with Crippen molar-refractivity contribution >= 4 is 27.3 Å². The van der Waals surface area contributed by atoms with Gasteiger partial charge in [-0.3, -0.25) is 4.79 Å². The Balaban J connectivity index is 2.56. The predicted octanol–water partition coefficient (Wildman–Crippen LogP) is 2.00. The van der Waals surface area contributed by atoms with E-state index in [0.717, 1.165) is 11.3 Å². The van der Waals surface area contributed by atoms with Crippen molar-refractivity contribution in [3.8, 4) is 0 Å². The van der Waals surface area contributed by atoms with E-state index in [2.05, 4.69) is 0 Å². The van der Waals surface area contributed by atoms with Gasteiger partial charge in [0.25, 0.3) is 0 Å². The van der Waals surface area contributed by atoms with Gasteiger partial charge >= 0.3 is 12.1 Å². The molecule has 0 aliphatic carbocycles. The normalized spacial score (nSPS) is 12.6. The summed E-state index contributed by atoms with van der Waals surface area (Å²) in [6.45, 7) is -0.325. The van der Waals surface area contributed by atoms with E-state index in [4.69, 9.17) is 5.11 Å². The van der Waals surface area contributed by atoms with Gasteiger partial charge in [0.05, 0.1) is 6.42 Å². The molecule has 0 atom stereocenters. The Morgan fingerprint density at radius 3 is 2.55 bits per heavy atom. The third kappa shape index (κ3) is 5.88. The Hall–Kier alpha value is -1.13. The van der Waals surface area contributed by atoms with E-state index in [1.165, 1.54) is 12.1 Å². The highest BCUT2D eigenvalue weighted by molar-refractivity contribution is 7.91. The molecular weight excluding hydrogens is 319 g/mol. The van der Waals surface area contributed by atoms with Gasteiger partial charge in [-0.1, -0.05) is 0 Å². The van der Waals surface area contributed by atoms with Gasteiger partial charge in [0.15, 0.2) is 0 Å². The lowest BCUT2D eigenvalue weighted by Crippen LogP contribution is -2.25. The topological polar surface area (TPSA) is 83.5 Å². The van der Waals surface area contributed by atoms with Gasteiger partial charge in [-0.2, -0.15) is 13.2 Å². The highest BCUT2D eigenvalue weighted by Gasteiger charge is 2.26. The van der Waals surface area contributed by atoms with Crippen LogP contribution in [0.3, 0.4) is 0 Å². The number of carbonyl (C=O) groups is 1. The Kier molecular flexibility index (Phi) is 5.54. The number of rotatable bonds is 7. The number of hydrogen-bond donors (Lipinski definition) is 2. The van der Waals surface area contributed by atoms with Crippen LogP contribution in [0, 0.1) is 0 Å². The second kappa shape index (κ2) is 6.55. The van der Waals surface area contributed by atoms with E-state index in [1.807, 2.05) is 4.72 Å². The molecule has 5 nitrogen and oxygen atoms in total. The van der Waals surface area contributed by atoms with Crippen molar-refractivity contribution in [2.45, 2.75) is 29.6 Å². The van der Waals surface area contributed by atoms with Gasteiger partial charge in [0.2, 0.25) is 10.0 Å². The van der Waals surface area contributed by atoms with Gasteiger partial charge in [-0.05, 0) is 18.6 Å². The molecule has 0 fully saturated rings. The van der Waals surface area contributed by atoms with E-state index in [1.54, 1.807) is 0 Å². The van der Waals surface area contributed by atoms with Crippen molar-refractivity contribution < 1.29 is 31.5 Å². The van der Waals surface area contributed by atoms with Gasteiger partial charge in [0.1, 0.15) is 4.21 Å². The fourth-order valence-electron chi connectivity index (χ4n) is 1.31. The number of aliphatic carboxylic acids is 1. The first-order valence-corrected chi connectivity index (χ1v) is 7.77. The molecule has 0 amide bonds. The van der Waals surface area contributed by atoms with Gasteiger partial charge in [0, 0.05) is 17.8 Å². The first-order valence-electron chi connectivity index (χ1n) is 5.47. The largest absolute Gasteiger partial charge is 0.481 e. The average molecular weight is 331 g/mol. The molecule has 1 aromatic rings. The maximum absolute atomic E-state index is 11.9. The van der Waals surface area contributed by atoms with Crippen molar-refractivity contribution in [3.63, 3.8) is 0 Å². The molecule has 114 valence electrons. The van der Waals surface area contributed by atoms with Crippen molar-refractivity contribution in [1.29, 1.82) is 0 Å². The summed E-state index contributed by atoms with van der Waals surface area (Å²) >= 11 is 0.778. The fraction of sp³-hybridized carbons (Fsp3) is 0.500. The monoisotopic (exact) mass is 331 g/mol. The Bertz CT molecular complexity index is 565. The molecule has 0 saturated heterocycles. The molecule has 0 unspecified atom stereocenters. The van der Waals surface area contributed by atoms with Crippen molar-refractivity contribution in [3.05, 3.63) is 17.0 Å². The van der Waals surface area contributed by atoms with Crippen LogP contribution in [0.4, 0.5) is 13.2 Å². The molecule has 0 saturated carbocycles. The summed E-state index contributed by atoms with van der Waals surface area (Å²) in [7, 11) is -3.88. The summed E-state index contributed by atoms with van der Waals surface area (Å²) in [5, 5.41) is 8.56. The highest BCUT2D eigenvalue weighted by Crippen LogP contribution is 2.23. The summed E-state index contributed by atoms with van der Waals surface area (Å²) in [6, 6.07) is 2.60. The summed E-state index contributed by atoms with van der Waals surface area (Å²) < 4.78 is 61.1. The number of alkyl halides is 3. The standard InChI is InChI=1S/C10H12F3NO4S2/c11-10(12,13)4-1-5-14-20(17,18)9-3-2-7(19-9)6-8(15)16/h2-3,14H,1,4-6H2,(H,15,16). The zero-order valence-corrected chi connectivity index (χ0v) is 11.7. The lowest BCUT2D eigenvalue weighted by Gasteiger charge is -2.07. The maximum atomic E-state index is 11.9. The molecule has 0 spiro atoms. The number of carboxylic acid groups (broad SMARTS) is 1. The number of nitrogens with one attached hydrogen (secondary N) is 1. The second-order valence-electron chi connectivity index (χ2n) is 3.91. The summed E-state index contributed by atoms with van der Waals surface area (Å²) in [5.41, 5.74) is 0. The van der Waals surface area contributed by atoms with E-state index in [9.17, 15) is 26.4 Å². The fourth-order valence-corrected chi connectivity index (χ4v) is 3.78. The van der Waals surface area contributed by atoms with Crippen LogP contribution < -0.4 is 4.72 Å². The van der Waals surface area contributed by atoms with E-state index in [0.29, 0.717) is 4.88 Å². The minimum atomic E-state index is -4.32. The number of thiophene rings is 1. The zero-order valence-electron chi connectivity index (χ0n) is 10.1. The highest BCUT2D eigenvalue weighted by atomic mass is 32.2. The first kappa shape index (κ1) is 16.9. The van der Waals surface area contributed by atoms with Crippen LogP contribution in [-0.4, -0.2) is 32.2 Å². The smallest absolute Gasteiger partial charge is 0.389 e. The van der Waals surface area contributed by atoms with Crippen molar-refractivity contribution in [2.75, 3.05) is 6.54 Å². The second-order valence-corrected chi connectivity index (χ2v) is 7.07. The molecule has 0 bridgehead atoms. The third-order valence-electron chi connectivity index (χ3n) is 2.16. The van der Waals surface area contributed by atoms with Crippen molar-refractivity contribution in [2.24, 2.45) is 0 Å². The van der Waals surface area contributed by atoms with Gasteiger partial charge in [-0.15, -0.1) is 11.3 Å². The van der Waals surface area contributed by atoms with E-state index in [-0.39, 0.29) is 23.6 Å². The molecular formula is C10H12F3NO4S2. The number of sulfonamides is 1. The molecule has 1 rings (SSSR count). The van der Waals surface area contributed by atoms with E-state index >= 15 is 0 Å². The molecule has 1 aromatic heterocycles. The molecule has 10 heteroatoms. The van der Waals surface area contributed by atoms with Crippen molar-refractivity contribution in [1.82, 2.24) is 4.72 Å². The molecule has 0 aliphatic heterocycles. The lowest BCUT2D eigenvalue weighted by molar-refractivity contribution is -0.136. The SMILES string of the molecule is O=C(O)Cc1ccc(S(=O)(=O)NCCCC(F)(F)F)s1. The molecule has 2 N–H and O–H groups in total. The van der Waals surface area contributed by atoms with Gasteiger partial charge in [-0.25, -0.2) is 13.1 Å². The number of carboxylic acids is 1. The summed E-state index contributed by atoms with van der Waals surface area (Å²) in [6.07, 6.45) is -6.03. The Morgan fingerprint density at radius 2 is 2.00 bits per heavy atom. The van der Waals surface area contributed by atoms with Crippen LogP contribution in [0.1, 0.15) is 17.7 Å². The Morgan fingerprint density at radius 1 is 1.35 bits per heavy atom. The maximum Gasteiger partial charge on any atom is 0.389 e. The molecule has 0 radical (unpaired) electrons. The van der Waals surface area contributed by atoms with Crippen LogP contribution >= 0.6 is 11.3 Å². The Labute approximate surface area is 117 Å². The minimum absolute atomic E-state index is 0.110. The average Bonchev–Trinajstić information content (AvgIpc) is 2.71. The number of halogens is 3. The van der Waals surface area contributed by atoms with Crippen LogP contribution in [0.5, 0.6) is 0 Å². The molecule has 0 aliphatic rings. The molecule has 20 heavy (non-hydrogen) atoms. The third-order valence-corrected chi connectivity index (χ3v) is 5.19. The summed E-state index contributed by atoms with van der Waals surface area (Å²) in [5.74, 6) is -1.09. The molecule has 1 heterocycles. The number of hydrogen-bond acceptors (Lipinski definition) is 4. The van der Waals surface area contributed by atoms with Gasteiger partial charge < -0.3 is 5.11 Å². The summed E-state index contributed by atoms with van der Waals surface area (Å²) in [4.78, 5) is 10.8. The minimum Gasteiger partial charge on any atom is -0.481 e. The van der Waals surface area contributed by atoms with Crippen LogP contribution in [0.2, 0.25) is 0 Å². The lowest BCUT2D eigenvalue weighted by atomic mass is 10.3. The first-order chi connectivity index (χ1) is 9.10. The van der Waals surface area contributed by atoms with Crippen LogP contribution in [0.15, 0.2) is 16.3 Å². The van der Waals surface area contributed by atoms with E-state index < -0.39 is 28.6 Å². The van der Waals surface area contributed by atoms with Crippen LogP contribution in [-0.2, 0) is 21.2 Å². The van der Waals surface area contributed by atoms with Crippen LogP contribution in [0.25, 0.3) is 0 Å².